The molecule has 0 spiro atoms. The molecule has 1 radical (unpaired) electrons. The fraction of sp³-hybridized carbons (Fsp3) is 0. The Bertz CT molecular complexity index is 638. The summed E-state index contributed by atoms with van der Waals surface area (Å²) in [5.74, 6) is 0. The van der Waals surface area contributed by atoms with Gasteiger partial charge in [-0.3, -0.25) is 0 Å². The third-order valence-electron chi connectivity index (χ3n) is 3.45. The van der Waals surface area contributed by atoms with Crippen LogP contribution in [0, 0.1) is 0 Å². The molecule has 6 N–H and O–H groups in total. The van der Waals surface area contributed by atoms with E-state index in [1.807, 2.05) is 72.8 Å². The molecule has 0 unspecified atom stereocenters. The van der Waals surface area contributed by atoms with Crippen LogP contribution in [-0.2, 0) is 0 Å². The number of hydrogen-bond acceptors (Lipinski definition) is 4. The summed E-state index contributed by atoms with van der Waals surface area (Å²) in [6.07, 6.45) is 0. The Hall–Kier alpha value is -2.98. The predicted molar refractivity (Wildman–Crippen MR) is 93.7 cm³/mol. The molecule has 0 amide bonds. The van der Waals surface area contributed by atoms with E-state index in [0.717, 1.165) is 34.1 Å². The van der Waals surface area contributed by atoms with Gasteiger partial charge in [0.05, 0.1) is 0 Å². The van der Waals surface area contributed by atoms with Gasteiger partial charge in [0.1, 0.15) is 0 Å². The molecule has 0 aliphatic carbocycles. The highest BCUT2D eigenvalue weighted by Gasteiger charge is 2.25. The Morgan fingerprint density at radius 1 is 0.409 bits per heavy atom. The molecule has 0 aromatic heterocycles. The van der Waals surface area contributed by atoms with E-state index in [9.17, 15) is 0 Å². The molecule has 4 heteroatoms. The molecular formula is C18H18N4+. The van der Waals surface area contributed by atoms with Gasteiger partial charge in [0.25, 0.3) is 0 Å². The topological polar surface area (TPSA) is 84.0 Å². The van der Waals surface area contributed by atoms with Crippen LogP contribution in [0.3, 0.4) is 0 Å². The number of nitrogen functional groups attached to an aromatic ring is 3. The van der Waals surface area contributed by atoms with Crippen molar-refractivity contribution >= 4 is 34.1 Å². The van der Waals surface area contributed by atoms with Gasteiger partial charge < -0.3 is 17.2 Å². The summed E-state index contributed by atoms with van der Waals surface area (Å²) in [6, 6.07) is 23.2. The van der Waals surface area contributed by atoms with Crippen LogP contribution in [0.2, 0.25) is 0 Å². The second-order valence-corrected chi connectivity index (χ2v) is 5.11. The lowest BCUT2D eigenvalue weighted by molar-refractivity contribution is 0.932. The van der Waals surface area contributed by atoms with E-state index in [2.05, 4.69) is 4.90 Å². The van der Waals surface area contributed by atoms with Crippen molar-refractivity contribution in [2.24, 2.45) is 0 Å². The monoisotopic (exact) mass is 290 g/mol. The average Bonchev–Trinajstić information content (AvgIpc) is 2.53. The third kappa shape index (κ3) is 2.87. The minimum atomic E-state index is 0.735. The van der Waals surface area contributed by atoms with Gasteiger partial charge in [-0.25, -0.2) is 0 Å². The maximum absolute atomic E-state index is 5.79. The summed E-state index contributed by atoms with van der Waals surface area (Å²) in [5.41, 5.74) is 22.6. The van der Waals surface area contributed by atoms with Gasteiger partial charge in [0, 0.05) is 53.5 Å². The molecule has 22 heavy (non-hydrogen) atoms. The Morgan fingerprint density at radius 2 is 0.636 bits per heavy atom. The van der Waals surface area contributed by atoms with Crippen LogP contribution in [0.25, 0.3) is 0 Å². The minimum absolute atomic E-state index is 0.735. The van der Waals surface area contributed by atoms with Crippen molar-refractivity contribution in [2.45, 2.75) is 0 Å². The third-order valence-corrected chi connectivity index (χ3v) is 3.45. The Kier molecular flexibility index (Phi) is 3.68. The van der Waals surface area contributed by atoms with Crippen molar-refractivity contribution < 1.29 is 0 Å². The molecular weight excluding hydrogens is 272 g/mol. The van der Waals surface area contributed by atoms with Gasteiger partial charge in [0.2, 0.25) is 0 Å². The normalized spacial score (nSPS) is 10.8. The van der Waals surface area contributed by atoms with E-state index in [1.54, 1.807) is 0 Å². The zero-order chi connectivity index (χ0) is 15.5. The lowest BCUT2D eigenvalue weighted by Crippen LogP contribution is -2.11. The molecule has 0 heterocycles. The van der Waals surface area contributed by atoms with Gasteiger partial charge in [-0.05, 0) is 36.4 Å². The van der Waals surface area contributed by atoms with Crippen molar-refractivity contribution in [1.82, 2.24) is 4.90 Å². The Morgan fingerprint density at radius 3 is 0.864 bits per heavy atom. The molecule has 3 aromatic rings. The molecule has 3 rings (SSSR count). The molecule has 0 saturated heterocycles. The van der Waals surface area contributed by atoms with Crippen molar-refractivity contribution in [3.05, 3.63) is 72.8 Å². The summed E-state index contributed by atoms with van der Waals surface area (Å²) in [5, 5.41) is 0. The SMILES string of the molecule is Nc1ccc([N+](c2ccc(N)cc2)c2ccc(N)cc2)cc1. The number of nitrogens with two attached hydrogens (primary N) is 3. The lowest BCUT2D eigenvalue weighted by Gasteiger charge is -2.11. The van der Waals surface area contributed by atoms with Crippen molar-refractivity contribution in [2.75, 3.05) is 17.2 Å². The minimum Gasteiger partial charge on any atom is -0.399 e. The maximum atomic E-state index is 5.79. The van der Waals surface area contributed by atoms with Gasteiger partial charge in [-0.1, -0.05) is 4.90 Å². The number of benzene rings is 3. The summed E-state index contributed by atoms with van der Waals surface area (Å²) >= 11 is 0. The first-order valence-corrected chi connectivity index (χ1v) is 7.00. The van der Waals surface area contributed by atoms with Crippen LogP contribution in [0.4, 0.5) is 34.1 Å². The van der Waals surface area contributed by atoms with E-state index >= 15 is 0 Å². The van der Waals surface area contributed by atoms with Crippen molar-refractivity contribution in [3.63, 3.8) is 0 Å². The summed E-state index contributed by atoms with van der Waals surface area (Å²) < 4.78 is 0. The molecule has 109 valence electrons. The zero-order valence-electron chi connectivity index (χ0n) is 12.1. The van der Waals surface area contributed by atoms with Gasteiger partial charge in [-0.15, -0.1) is 0 Å². The quantitative estimate of drug-likeness (QED) is 0.505. The van der Waals surface area contributed by atoms with Crippen molar-refractivity contribution in [1.29, 1.82) is 0 Å². The standard InChI is InChI=1S/C18H18N4/c19-13-1-7-16(8-2-13)22(17-9-3-14(20)4-10-17)18-11-5-15(21)6-12-18/h1-12H,19-21H2/q+1. The number of nitrogens with zero attached hydrogens (tertiary/aromatic N) is 1. The van der Waals surface area contributed by atoms with E-state index in [4.69, 9.17) is 17.2 Å². The fourth-order valence-corrected chi connectivity index (χ4v) is 2.32. The van der Waals surface area contributed by atoms with E-state index in [1.165, 1.54) is 0 Å². The van der Waals surface area contributed by atoms with Crippen LogP contribution in [0.15, 0.2) is 72.8 Å². The van der Waals surface area contributed by atoms with E-state index in [-0.39, 0.29) is 0 Å². The van der Waals surface area contributed by atoms with Gasteiger partial charge in [0.15, 0.2) is 17.1 Å². The average molecular weight is 290 g/mol. The number of rotatable bonds is 3. The molecule has 0 bridgehead atoms. The second-order valence-electron chi connectivity index (χ2n) is 5.11. The largest absolute Gasteiger partial charge is 0.399 e. The first-order chi connectivity index (χ1) is 10.6. The smallest absolute Gasteiger partial charge is 0.192 e. The second kappa shape index (κ2) is 5.79. The highest BCUT2D eigenvalue weighted by atomic mass is 15.1. The first-order valence-electron chi connectivity index (χ1n) is 7.00. The number of hydrogen-bond donors (Lipinski definition) is 3. The van der Waals surface area contributed by atoms with Crippen LogP contribution in [-0.4, -0.2) is 0 Å². The van der Waals surface area contributed by atoms with Gasteiger partial charge in [-0.2, -0.15) is 0 Å². The van der Waals surface area contributed by atoms with Crippen LogP contribution >= 0.6 is 0 Å². The molecule has 0 fully saturated rings. The molecule has 0 atom stereocenters. The predicted octanol–water partition coefficient (Wildman–Crippen LogP) is 3.87. The Labute approximate surface area is 129 Å². The Balaban J connectivity index is 2.10. The van der Waals surface area contributed by atoms with E-state index < -0.39 is 0 Å². The number of anilines is 6. The molecule has 4 nitrogen and oxygen atoms in total. The van der Waals surface area contributed by atoms with Crippen molar-refractivity contribution in [3.8, 4) is 0 Å². The molecule has 3 aromatic carbocycles. The zero-order valence-corrected chi connectivity index (χ0v) is 12.1. The molecule has 0 aliphatic rings. The highest BCUT2D eigenvalue weighted by Crippen LogP contribution is 2.34. The van der Waals surface area contributed by atoms with E-state index in [0.29, 0.717) is 0 Å². The highest BCUT2D eigenvalue weighted by molar-refractivity contribution is 5.68. The van der Waals surface area contributed by atoms with Gasteiger partial charge >= 0.3 is 0 Å². The van der Waals surface area contributed by atoms with Crippen LogP contribution in [0.5, 0.6) is 0 Å². The molecule has 0 saturated carbocycles. The fourth-order valence-electron chi connectivity index (χ4n) is 2.32. The van der Waals surface area contributed by atoms with Crippen LogP contribution < -0.4 is 22.1 Å². The summed E-state index contributed by atoms with van der Waals surface area (Å²) in [6.45, 7) is 0. The first kappa shape index (κ1) is 14.0. The molecule has 0 aliphatic heterocycles. The summed E-state index contributed by atoms with van der Waals surface area (Å²) in [4.78, 5) is 2.12. The van der Waals surface area contributed by atoms with Crippen LogP contribution in [0.1, 0.15) is 0 Å². The summed E-state index contributed by atoms with van der Waals surface area (Å²) in [7, 11) is 0. The maximum Gasteiger partial charge on any atom is 0.192 e. The lowest BCUT2D eigenvalue weighted by atomic mass is 10.1.